The lowest BCUT2D eigenvalue weighted by molar-refractivity contribution is -0.0722. The monoisotopic (exact) mass is 274 g/mol. The Balaban J connectivity index is 2.49. The van der Waals surface area contributed by atoms with Gasteiger partial charge in [-0.2, -0.15) is 13.2 Å². The largest absolute Gasteiger partial charge is 0.413 e. The fraction of sp³-hybridized carbons (Fsp3) is 0.176. The summed E-state index contributed by atoms with van der Waals surface area (Å²) in [5, 5.41) is 0.971. The molecule has 0 amide bonds. The fourth-order valence-electron chi connectivity index (χ4n) is 2.80. The quantitative estimate of drug-likeness (QED) is 0.692. The molecule has 2 aromatic carbocycles. The molecule has 0 radical (unpaired) electrons. The van der Waals surface area contributed by atoms with E-state index in [9.17, 15) is 13.2 Å². The van der Waals surface area contributed by atoms with Crippen molar-refractivity contribution in [3.05, 3.63) is 70.1 Å². The lowest BCUT2D eigenvalue weighted by Crippen LogP contribution is -2.32. The van der Waals surface area contributed by atoms with Crippen LogP contribution in [0.4, 0.5) is 13.2 Å². The maximum absolute atomic E-state index is 13.4. The SMILES string of the molecule is CC1=c2ccccc2=C(C(F)(F)F)Cc2ccccc21. The van der Waals surface area contributed by atoms with Crippen molar-refractivity contribution < 1.29 is 13.2 Å². The highest BCUT2D eigenvalue weighted by atomic mass is 19.4. The highest BCUT2D eigenvalue weighted by molar-refractivity contribution is 5.72. The topological polar surface area (TPSA) is 0 Å². The van der Waals surface area contributed by atoms with Gasteiger partial charge in [0.2, 0.25) is 0 Å². The Hall–Kier alpha value is -2.03. The molecule has 0 aliphatic heterocycles. The summed E-state index contributed by atoms with van der Waals surface area (Å²) in [6.45, 7) is 1.89. The van der Waals surface area contributed by atoms with Crippen molar-refractivity contribution in [1.82, 2.24) is 0 Å². The molecule has 0 fully saturated rings. The second kappa shape index (κ2) is 4.51. The van der Waals surface area contributed by atoms with Crippen molar-refractivity contribution in [2.45, 2.75) is 19.5 Å². The highest BCUT2D eigenvalue weighted by Gasteiger charge is 2.35. The van der Waals surface area contributed by atoms with Crippen LogP contribution in [0.25, 0.3) is 11.1 Å². The zero-order valence-electron chi connectivity index (χ0n) is 11.0. The van der Waals surface area contributed by atoms with E-state index in [1.807, 2.05) is 19.1 Å². The van der Waals surface area contributed by atoms with Crippen LogP contribution in [0.1, 0.15) is 18.1 Å². The molecule has 2 aromatic rings. The molecular weight excluding hydrogens is 261 g/mol. The van der Waals surface area contributed by atoms with Crippen molar-refractivity contribution in [2.24, 2.45) is 0 Å². The minimum absolute atomic E-state index is 0.0754. The Morgan fingerprint density at radius 2 is 1.45 bits per heavy atom. The second-order valence-corrected chi connectivity index (χ2v) is 4.98. The van der Waals surface area contributed by atoms with Crippen LogP contribution in [0.3, 0.4) is 0 Å². The van der Waals surface area contributed by atoms with E-state index in [0.29, 0.717) is 10.4 Å². The minimum Gasteiger partial charge on any atom is -0.166 e. The first kappa shape index (κ1) is 13.0. The summed E-state index contributed by atoms with van der Waals surface area (Å²) in [5.74, 6) is 0. The van der Waals surface area contributed by atoms with Gasteiger partial charge in [-0.3, -0.25) is 0 Å². The number of fused-ring (bicyclic) bond motifs is 2. The van der Waals surface area contributed by atoms with E-state index in [4.69, 9.17) is 0 Å². The number of alkyl halides is 3. The summed E-state index contributed by atoms with van der Waals surface area (Å²) in [7, 11) is 0. The Bertz CT molecular complexity index is 782. The molecule has 3 heteroatoms. The van der Waals surface area contributed by atoms with E-state index in [2.05, 4.69) is 0 Å². The van der Waals surface area contributed by atoms with Crippen molar-refractivity contribution in [3.8, 4) is 0 Å². The number of benzene rings is 2. The van der Waals surface area contributed by atoms with Crippen molar-refractivity contribution in [3.63, 3.8) is 0 Å². The molecule has 0 aromatic heterocycles. The van der Waals surface area contributed by atoms with Crippen molar-refractivity contribution in [1.29, 1.82) is 0 Å². The second-order valence-electron chi connectivity index (χ2n) is 4.98. The van der Waals surface area contributed by atoms with Crippen LogP contribution >= 0.6 is 0 Å². The average molecular weight is 274 g/mol. The van der Waals surface area contributed by atoms with Gasteiger partial charge in [0.15, 0.2) is 0 Å². The van der Waals surface area contributed by atoms with Crippen LogP contribution in [0.2, 0.25) is 0 Å². The van der Waals surface area contributed by atoms with Gasteiger partial charge in [0, 0.05) is 12.0 Å². The maximum Gasteiger partial charge on any atom is 0.413 e. The molecule has 0 atom stereocenters. The Labute approximate surface area is 114 Å². The third kappa shape index (κ3) is 2.03. The molecule has 1 aliphatic rings. The molecule has 0 saturated carbocycles. The third-order valence-corrected chi connectivity index (χ3v) is 3.79. The molecule has 0 unspecified atom stereocenters. The van der Waals surface area contributed by atoms with Gasteiger partial charge in [-0.25, -0.2) is 0 Å². The lowest BCUT2D eigenvalue weighted by Gasteiger charge is -2.12. The number of halogens is 3. The molecule has 1 aliphatic carbocycles. The van der Waals surface area contributed by atoms with Gasteiger partial charge in [0.25, 0.3) is 0 Å². The predicted octanol–water partition coefficient (Wildman–Crippen LogP) is 3.17. The molecular formula is C17H13F3. The number of hydrogen-bond donors (Lipinski definition) is 0. The van der Waals surface area contributed by atoms with Crippen molar-refractivity contribution in [2.75, 3.05) is 0 Å². The molecule has 0 saturated heterocycles. The zero-order valence-corrected chi connectivity index (χ0v) is 11.0. The smallest absolute Gasteiger partial charge is 0.166 e. The first-order valence-electron chi connectivity index (χ1n) is 6.43. The van der Waals surface area contributed by atoms with Crippen molar-refractivity contribution >= 4 is 11.1 Å². The average Bonchev–Trinajstić information content (AvgIpc) is 2.55. The normalized spacial score (nSPS) is 14.6. The number of rotatable bonds is 0. The van der Waals surface area contributed by atoms with Gasteiger partial charge >= 0.3 is 6.18 Å². The van der Waals surface area contributed by atoms with E-state index in [0.717, 1.165) is 16.7 Å². The van der Waals surface area contributed by atoms with Crippen LogP contribution in [-0.2, 0) is 6.42 Å². The van der Waals surface area contributed by atoms with E-state index in [1.165, 1.54) is 0 Å². The molecule has 3 rings (SSSR count). The molecule has 0 nitrogen and oxygen atoms in total. The summed E-state index contributed by atoms with van der Waals surface area (Å²) in [4.78, 5) is 0. The highest BCUT2D eigenvalue weighted by Crippen LogP contribution is 2.31. The minimum atomic E-state index is -4.31. The Kier molecular flexibility index (Phi) is 2.93. The Morgan fingerprint density at radius 1 is 0.850 bits per heavy atom. The maximum atomic E-state index is 13.4. The first-order valence-corrected chi connectivity index (χ1v) is 6.43. The molecule has 0 bridgehead atoms. The lowest BCUT2D eigenvalue weighted by atomic mass is 9.97. The molecule has 20 heavy (non-hydrogen) atoms. The zero-order chi connectivity index (χ0) is 14.3. The summed E-state index contributed by atoms with van der Waals surface area (Å²) in [6, 6.07) is 14.1. The molecule has 0 N–H and O–H groups in total. The standard InChI is InChI=1S/C17H13F3/c1-11-13-7-3-2-6-12(13)10-16(17(18,19)20)15-9-5-4-8-14(11)15/h2-9H,10H2,1H3. The van der Waals surface area contributed by atoms with Crippen LogP contribution in [-0.4, -0.2) is 6.18 Å². The molecule has 0 heterocycles. The fourth-order valence-corrected chi connectivity index (χ4v) is 2.80. The van der Waals surface area contributed by atoms with E-state index >= 15 is 0 Å². The van der Waals surface area contributed by atoms with Gasteiger partial charge < -0.3 is 0 Å². The molecule has 0 spiro atoms. The predicted molar refractivity (Wildman–Crippen MR) is 73.5 cm³/mol. The van der Waals surface area contributed by atoms with Gasteiger partial charge in [-0.15, -0.1) is 0 Å². The van der Waals surface area contributed by atoms with Crippen LogP contribution in [0.5, 0.6) is 0 Å². The van der Waals surface area contributed by atoms with Gasteiger partial charge in [0.1, 0.15) is 0 Å². The summed E-state index contributed by atoms with van der Waals surface area (Å²) >= 11 is 0. The van der Waals surface area contributed by atoms with Crippen LogP contribution in [0, 0.1) is 0 Å². The van der Waals surface area contributed by atoms with E-state index in [1.54, 1.807) is 36.4 Å². The van der Waals surface area contributed by atoms with E-state index in [-0.39, 0.29) is 6.42 Å². The summed E-state index contributed by atoms with van der Waals surface area (Å²) in [6.07, 6.45) is -4.39. The van der Waals surface area contributed by atoms with Gasteiger partial charge in [-0.05, 0) is 34.1 Å². The number of hydrogen-bond acceptors (Lipinski definition) is 0. The summed E-state index contributed by atoms with van der Waals surface area (Å²) < 4.78 is 40.1. The third-order valence-electron chi connectivity index (χ3n) is 3.79. The van der Waals surface area contributed by atoms with Gasteiger partial charge in [0.05, 0.1) is 0 Å². The summed E-state index contributed by atoms with van der Waals surface area (Å²) in [5.41, 5.74) is 2.07. The Morgan fingerprint density at radius 3 is 2.15 bits per heavy atom. The van der Waals surface area contributed by atoms with E-state index < -0.39 is 11.7 Å². The van der Waals surface area contributed by atoms with Crippen LogP contribution in [0.15, 0.2) is 48.5 Å². The van der Waals surface area contributed by atoms with Gasteiger partial charge in [-0.1, -0.05) is 48.5 Å². The first-order chi connectivity index (χ1) is 9.48. The molecule has 102 valence electrons. The van der Waals surface area contributed by atoms with Crippen LogP contribution < -0.4 is 10.4 Å².